The molecule has 0 aliphatic heterocycles. The van der Waals surface area contributed by atoms with Gasteiger partial charge in [-0.15, -0.1) is 0 Å². The predicted molar refractivity (Wildman–Crippen MR) is 287 cm³/mol. The molecule has 0 unspecified atom stereocenters. The average Bonchev–Trinajstić information content (AvgIpc) is 3.72. The minimum absolute atomic E-state index is 0.132. The van der Waals surface area contributed by atoms with Crippen LogP contribution in [-0.2, 0) is 10.8 Å². The third-order valence-electron chi connectivity index (χ3n) is 15.1. The van der Waals surface area contributed by atoms with E-state index in [1.54, 1.807) is 0 Å². The van der Waals surface area contributed by atoms with Crippen molar-refractivity contribution in [2.24, 2.45) is 0 Å². The third-order valence-corrected chi connectivity index (χ3v) is 15.1. The average molecular weight is 841 g/mol. The maximum atomic E-state index is 2.50. The lowest BCUT2D eigenvalue weighted by Gasteiger charge is -2.24. The third kappa shape index (κ3) is 6.70. The molecular weight excluding hydrogens is 790 g/mol. The van der Waals surface area contributed by atoms with Gasteiger partial charge in [0.1, 0.15) is 0 Å². The van der Waals surface area contributed by atoms with Crippen LogP contribution in [0.3, 0.4) is 0 Å². The highest BCUT2D eigenvalue weighted by molar-refractivity contribution is 6.96. The Bertz CT molecular complexity index is 3310. The number of hydrogen-bond donors (Lipinski definition) is 0. The monoisotopic (exact) mass is 840 g/mol. The molecule has 12 rings (SSSR count). The van der Waals surface area contributed by atoms with Gasteiger partial charge in [0.2, 0.25) is 13.4 Å². The fourth-order valence-electron chi connectivity index (χ4n) is 11.5. The van der Waals surface area contributed by atoms with Crippen LogP contribution in [0.5, 0.6) is 0 Å². The Morgan fingerprint density at radius 1 is 0.273 bits per heavy atom. The van der Waals surface area contributed by atoms with Crippen molar-refractivity contribution in [2.75, 3.05) is 0 Å². The van der Waals surface area contributed by atoms with Crippen LogP contribution in [0.4, 0.5) is 0 Å². The highest BCUT2D eigenvalue weighted by Crippen LogP contribution is 2.50. The summed E-state index contributed by atoms with van der Waals surface area (Å²) in [6.45, 7) is 9.87. The molecule has 0 aromatic heterocycles. The molecule has 0 radical (unpaired) electrons. The number of benzene rings is 10. The largest absolute Gasteiger partial charge is 0.241 e. The second-order valence-corrected chi connectivity index (χ2v) is 19.7. The van der Waals surface area contributed by atoms with Gasteiger partial charge in [0.15, 0.2) is 0 Å². The fraction of sp³-hybridized carbons (Fsp3) is 0.0938. The van der Waals surface area contributed by atoms with Gasteiger partial charge in [-0.3, -0.25) is 0 Å². The Morgan fingerprint density at radius 3 is 1.00 bits per heavy atom. The van der Waals surface area contributed by atoms with Crippen molar-refractivity contribution < 1.29 is 0 Å². The van der Waals surface area contributed by atoms with Gasteiger partial charge < -0.3 is 0 Å². The second-order valence-electron chi connectivity index (χ2n) is 19.7. The van der Waals surface area contributed by atoms with Gasteiger partial charge in [-0.1, -0.05) is 291 Å². The van der Waals surface area contributed by atoms with Crippen molar-refractivity contribution >= 4 is 79.9 Å². The minimum Gasteiger partial charge on any atom is -0.0687 e. The van der Waals surface area contributed by atoms with Gasteiger partial charge in [-0.05, 0) is 77.2 Å². The first kappa shape index (κ1) is 40.1. The van der Waals surface area contributed by atoms with E-state index in [0.29, 0.717) is 0 Å². The summed E-state index contributed by atoms with van der Waals surface area (Å²) in [5.41, 5.74) is 21.0. The van der Waals surface area contributed by atoms with E-state index in [2.05, 4.69) is 258 Å². The molecule has 0 bridgehead atoms. The van der Waals surface area contributed by atoms with Crippen LogP contribution < -0.4 is 32.8 Å². The zero-order chi connectivity index (χ0) is 44.6. The summed E-state index contributed by atoms with van der Waals surface area (Å²) in [6.07, 6.45) is 4.61. The summed E-state index contributed by atoms with van der Waals surface area (Å²) in [7, 11) is 0. The van der Waals surface area contributed by atoms with E-state index in [0.717, 1.165) is 0 Å². The topological polar surface area (TPSA) is 0 Å². The van der Waals surface area contributed by atoms with Gasteiger partial charge in [-0.2, -0.15) is 0 Å². The lowest BCUT2D eigenvalue weighted by atomic mass is 9.36. The standard InChI is InChI=1S/C64H50B2/c1-63(2)59-37-43(25-33-55(59)57-35-31-53(41-61(57)63)65(49-19-7-5-8-20-49)51-29-27-45-15-11-13-17-47(45)39-51)23-24-44-26-34-56-58-36-32-54(42-62(58)64(3,4)60(56)38-44)66(50-21-9-6-10-22-50)52-30-28-46-16-12-14-18-48(46)40-52/h5-42H,1-4H3. The van der Waals surface area contributed by atoms with Crippen LogP contribution in [0, 0.1) is 0 Å². The predicted octanol–water partition coefficient (Wildman–Crippen LogP) is 11.8. The Kier molecular flexibility index (Phi) is 9.51. The zero-order valence-corrected chi connectivity index (χ0v) is 38.1. The molecule has 2 heteroatoms. The number of hydrogen-bond acceptors (Lipinski definition) is 0. The molecule has 2 aliphatic carbocycles. The highest BCUT2D eigenvalue weighted by Gasteiger charge is 2.38. The molecule has 0 spiro atoms. The summed E-state index contributed by atoms with van der Waals surface area (Å²) < 4.78 is 0. The summed E-state index contributed by atoms with van der Waals surface area (Å²) in [6, 6.07) is 81.9. The van der Waals surface area contributed by atoms with Crippen LogP contribution in [0.1, 0.15) is 61.1 Å². The van der Waals surface area contributed by atoms with Crippen LogP contribution in [0.2, 0.25) is 0 Å². The van der Waals surface area contributed by atoms with Gasteiger partial charge in [0, 0.05) is 10.8 Å². The molecule has 0 nitrogen and oxygen atoms in total. The molecule has 0 atom stereocenters. The Morgan fingerprint density at radius 2 is 0.591 bits per heavy atom. The molecule has 0 saturated carbocycles. The van der Waals surface area contributed by atoms with Gasteiger partial charge in [-0.25, -0.2) is 0 Å². The van der Waals surface area contributed by atoms with Crippen molar-refractivity contribution in [1.29, 1.82) is 0 Å². The quantitative estimate of drug-likeness (QED) is 0.106. The molecule has 312 valence electrons. The number of rotatable bonds is 8. The maximum Gasteiger partial charge on any atom is 0.241 e. The van der Waals surface area contributed by atoms with Crippen LogP contribution >= 0.6 is 0 Å². The van der Waals surface area contributed by atoms with Crippen molar-refractivity contribution in [3.63, 3.8) is 0 Å². The zero-order valence-electron chi connectivity index (χ0n) is 38.1. The first-order valence-electron chi connectivity index (χ1n) is 23.5. The first-order valence-corrected chi connectivity index (χ1v) is 23.5. The molecule has 0 amide bonds. The molecule has 0 N–H and O–H groups in total. The molecule has 66 heavy (non-hydrogen) atoms. The summed E-state index contributed by atoms with van der Waals surface area (Å²) in [4.78, 5) is 0. The van der Waals surface area contributed by atoms with Gasteiger partial charge >= 0.3 is 0 Å². The maximum absolute atomic E-state index is 2.50. The number of fused-ring (bicyclic) bond motifs is 8. The lowest BCUT2D eigenvalue weighted by Crippen LogP contribution is -2.52. The van der Waals surface area contributed by atoms with Crippen molar-refractivity contribution in [2.45, 2.75) is 38.5 Å². The molecule has 0 fully saturated rings. The Labute approximate surface area is 390 Å². The second kappa shape index (κ2) is 15.6. The van der Waals surface area contributed by atoms with E-state index in [4.69, 9.17) is 0 Å². The lowest BCUT2D eigenvalue weighted by molar-refractivity contribution is 0.660. The molecular formula is C64H50B2. The molecule has 10 aromatic carbocycles. The fourth-order valence-corrected chi connectivity index (χ4v) is 11.5. The molecule has 2 aliphatic rings. The normalized spacial score (nSPS) is 13.9. The van der Waals surface area contributed by atoms with E-state index in [-0.39, 0.29) is 24.3 Å². The van der Waals surface area contributed by atoms with Crippen LogP contribution in [0.25, 0.3) is 56.0 Å². The van der Waals surface area contributed by atoms with Crippen molar-refractivity contribution in [3.8, 4) is 22.3 Å². The first-order chi connectivity index (χ1) is 32.2. The Balaban J connectivity index is 0.841. The van der Waals surface area contributed by atoms with Crippen molar-refractivity contribution in [3.05, 3.63) is 252 Å². The van der Waals surface area contributed by atoms with Gasteiger partial charge in [0.05, 0.1) is 0 Å². The van der Waals surface area contributed by atoms with Crippen LogP contribution in [-0.4, -0.2) is 13.4 Å². The summed E-state index contributed by atoms with van der Waals surface area (Å²) in [5.74, 6) is 0. The Hall–Kier alpha value is -7.41. The summed E-state index contributed by atoms with van der Waals surface area (Å²) >= 11 is 0. The van der Waals surface area contributed by atoms with E-state index in [9.17, 15) is 0 Å². The van der Waals surface area contributed by atoms with Crippen molar-refractivity contribution in [1.82, 2.24) is 0 Å². The van der Waals surface area contributed by atoms with E-state index in [1.807, 2.05) is 0 Å². The van der Waals surface area contributed by atoms with E-state index in [1.165, 1.54) is 110 Å². The minimum atomic E-state index is -0.148. The van der Waals surface area contributed by atoms with E-state index < -0.39 is 0 Å². The summed E-state index contributed by atoms with van der Waals surface area (Å²) in [5, 5.41) is 5.10. The smallest absolute Gasteiger partial charge is 0.0687 e. The molecule has 0 heterocycles. The van der Waals surface area contributed by atoms with Crippen LogP contribution in [0.15, 0.2) is 218 Å². The molecule has 0 saturated heterocycles. The molecule has 10 aromatic rings. The SMILES string of the molecule is CC1(C)c2cc(C=Cc3ccc4c(c3)C(C)(C)c3cc(B(c5ccccc5)c5ccc6ccccc6c5)ccc3-4)ccc2-c2ccc(B(c3ccccc3)c3ccc4ccccc4c3)cc21. The van der Waals surface area contributed by atoms with E-state index >= 15 is 0 Å². The van der Waals surface area contributed by atoms with Gasteiger partial charge in [0.25, 0.3) is 0 Å². The highest BCUT2D eigenvalue weighted by atomic mass is 14.4.